The van der Waals surface area contributed by atoms with Crippen LogP contribution in [0, 0.1) is 5.92 Å². The lowest BCUT2D eigenvalue weighted by Crippen LogP contribution is -2.52. The molecule has 1 aromatic rings. The highest BCUT2D eigenvalue weighted by Gasteiger charge is 2.42. The molecule has 1 heterocycles. The van der Waals surface area contributed by atoms with Gasteiger partial charge in [-0.25, -0.2) is 4.79 Å². The number of hydrogen-bond donors (Lipinski definition) is 1. The van der Waals surface area contributed by atoms with Crippen molar-refractivity contribution in [1.82, 2.24) is 4.90 Å². The van der Waals surface area contributed by atoms with Crippen LogP contribution in [0.25, 0.3) is 0 Å². The van der Waals surface area contributed by atoms with E-state index in [-0.39, 0.29) is 0 Å². The molecule has 98 valence electrons. The van der Waals surface area contributed by atoms with Crippen LogP contribution in [0.5, 0.6) is 0 Å². The smallest absolute Gasteiger partial charge is 0.328 e. The number of aliphatic carboxylic acids is 1. The van der Waals surface area contributed by atoms with Gasteiger partial charge in [0.15, 0.2) is 0 Å². The highest BCUT2D eigenvalue weighted by Crippen LogP contribution is 2.32. The Bertz CT molecular complexity index is 410. The van der Waals surface area contributed by atoms with Crippen LogP contribution >= 0.6 is 0 Å². The van der Waals surface area contributed by atoms with Gasteiger partial charge in [-0.05, 0) is 44.3 Å². The summed E-state index contributed by atoms with van der Waals surface area (Å²) in [7, 11) is 0. The van der Waals surface area contributed by atoms with Gasteiger partial charge in [0.25, 0.3) is 0 Å². The molecule has 18 heavy (non-hydrogen) atoms. The fraction of sp³-hybridized carbons (Fsp3) is 0.533. The number of rotatable bonds is 3. The average molecular weight is 247 g/mol. The van der Waals surface area contributed by atoms with Crippen molar-refractivity contribution in [1.29, 1.82) is 0 Å². The van der Waals surface area contributed by atoms with Crippen LogP contribution in [0.3, 0.4) is 0 Å². The molecule has 2 rings (SSSR count). The Morgan fingerprint density at radius 3 is 2.33 bits per heavy atom. The number of hydrogen-bond acceptors (Lipinski definition) is 2. The van der Waals surface area contributed by atoms with Crippen molar-refractivity contribution in [2.45, 2.75) is 32.2 Å². The molecule has 0 aromatic heterocycles. The molecule has 0 radical (unpaired) electrons. The van der Waals surface area contributed by atoms with Crippen molar-refractivity contribution < 1.29 is 9.90 Å². The van der Waals surface area contributed by atoms with E-state index in [1.165, 1.54) is 0 Å². The normalized spacial score (nSPS) is 21.4. The summed E-state index contributed by atoms with van der Waals surface area (Å²) in [6, 6.07) is 9.55. The first-order valence-electron chi connectivity index (χ1n) is 6.59. The molecule has 0 unspecified atom stereocenters. The largest absolute Gasteiger partial charge is 0.480 e. The Labute approximate surface area is 108 Å². The van der Waals surface area contributed by atoms with Crippen molar-refractivity contribution in [2.24, 2.45) is 5.92 Å². The lowest BCUT2D eigenvalue weighted by molar-refractivity contribution is -0.152. The third-order valence-electron chi connectivity index (χ3n) is 4.17. The van der Waals surface area contributed by atoms with Gasteiger partial charge in [0.05, 0.1) is 0 Å². The minimum atomic E-state index is -0.901. The number of carboxylic acid groups (broad SMARTS) is 1. The van der Waals surface area contributed by atoms with Gasteiger partial charge in [0.2, 0.25) is 0 Å². The van der Waals surface area contributed by atoms with Gasteiger partial charge in [0.1, 0.15) is 5.54 Å². The molecule has 3 heteroatoms. The lowest BCUT2D eigenvalue weighted by atomic mass is 9.86. The van der Waals surface area contributed by atoms with E-state index in [1.807, 2.05) is 37.3 Å². The van der Waals surface area contributed by atoms with E-state index < -0.39 is 11.5 Å². The lowest BCUT2D eigenvalue weighted by Gasteiger charge is -2.42. The van der Waals surface area contributed by atoms with Crippen molar-refractivity contribution in [2.75, 3.05) is 13.1 Å². The van der Waals surface area contributed by atoms with Crippen molar-refractivity contribution >= 4 is 5.97 Å². The zero-order valence-electron chi connectivity index (χ0n) is 11.1. The predicted molar refractivity (Wildman–Crippen MR) is 71.4 cm³/mol. The van der Waals surface area contributed by atoms with E-state index in [1.54, 1.807) is 0 Å². The summed E-state index contributed by atoms with van der Waals surface area (Å²) >= 11 is 0. The summed E-state index contributed by atoms with van der Waals surface area (Å²) in [5, 5.41) is 9.66. The van der Waals surface area contributed by atoms with Crippen LogP contribution in [0.15, 0.2) is 30.3 Å². The minimum absolute atomic E-state index is 0.704. The Hall–Kier alpha value is -1.35. The maximum atomic E-state index is 11.8. The van der Waals surface area contributed by atoms with E-state index in [2.05, 4.69) is 11.8 Å². The predicted octanol–water partition coefficient (Wildman–Crippen LogP) is 2.72. The van der Waals surface area contributed by atoms with Gasteiger partial charge in [-0.15, -0.1) is 0 Å². The molecule has 1 atom stereocenters. The van der Waals surface area contributed by atoms with E-state index in [0.29, 0.717) is 5.92 Å². The van der Waals surface area contributed by atoms with Gasteiger partial charge in [-0.1, -0.05) is 37.3 Å². The summed E-state index contributed by atoms with van der Waals surface area (Å²) in [6.07, 6.45) is 2.16. The van der Waals surface area contributed by atoms with Crippen LogP contribution in [0.4, 0.5) is 0 Å². The molecular formula is C15H21NO2. The molecule has 0 saturated carbocycles. The SMILES string of the molecule is CC1CCN([C@@](C)(C(=O)O)c2ccccc2)CC1. The third kappa shape index (κ3) is 2.27. The maximum absolute atomic E-state index is 11.8. The summed E-state index contributed by atoms with van der Waals surface area (Å²) in [5.41, 5.74) is -0.0337. The first kappa shape index (κ1) is 13.1. The van der Waals surface area contributed by atoms with Gasteiger partial charge < -0.3 is 5.11 Å². The number of piperidine rings is 1. The van der Waals surface area contributed by atoms with E-state index >= 15 is 0 Å². The van der Waals surface area contributed by atoms with Gasteiger partial charge in [0, 0.05) is 0 Å². The average Bonchev–Trinajstić information content (AvgIpc) is 2.39. The second-order valence-corrected chi connectivity index (χ2v) is 5.41. The van der Waals surface area contributed by atoms with Crippen molar-refractivity contribution in [3.05, 3.63) is 35.9 Å². The van der Waals surface area contributed by atoms with Gasteiger partial charge in [-0.3, -0.25) is 4.90 Å². The molecule has 1 aromatic carbocycles. The Morgan fingerprint density at radius 1 is 1.28 bits per heavy atom. The number of likely N-dealkylation sites (tertiary alicyclic amines) is 1. The molecule has 1 fully saturated rings. The fourth-order valence-electron chi connectivity index (χ4n) is 2.66. The highest BCUT2D eigenvalue weighted by atomic mass is 16.4. The highest BCUT2D eigenvalue weighted by molar-refractivity contribution is 5.80. The molecule has 1 N–H and O–H groups in total. The number of carbonyl (C=O) groups is 1. The minimum Gasteiger partial charge on any atom is -0.480 e. The number of nitrogens with zero attached hydrogens (tertiary/aromatic N) is 1. The van der Waals surface area contributed by atoms with Gasteiger partial charge >= 0.3 is 5.97 Å². The molecule has 1 aliphatic rings. The molecule has 1 saturated heterocycles. The van der Waals surface area contributed by atoms with Crippen molar-refractivity contribution in [3.63, 3.8) is 0 Å². The van der Waals surface area contributed by atoms with E-state index in [9.17, 15) is 9.90 Å². The topological polar surface area (TPSA) is 40.5 Å². The maximum Gasteiger partial charge on any atom is 0.328 e. The first-order valence-corrected chi connectivity index (χ1v) is 6.59. The third-order valence-corrected chi connectivity index (χ3v) is 4.17. The van der Waals surface area contributed by atoms with E-state index in [4.69, 9.17) is 0 Å². The van der Waals surface area contributed by atoms with Crippen LogP contribution in [-0.4, -0.2) is 29.1 Å². The summed E-state index contributed by atoms with van der Waals surface area (Å²) < 4.78 is 0. The second-order valence-electron chi connectivity index (χ2n) is 5.41. The molecule has 0 bridgehead atoms. The zero-order chi connectivity index (χ0) is 13.2. The summed E-state index contributed by atoms with van der Waals surface area (Å²) in [6.45, 7) is 5.77. The van der Waals surface area contributed by atoms with Crippen LogP contribution in [0.2, 0.25) is 0 Å². The standard InChI is InChI=1S/C15H21NO2/c1-12-8-10-16(11-9-12)15(2,14(17)18)13-6-4-3-5-7-13/h3-7,12H,8-11H2,1-2H3,(H,17,18)/t15-/m1/s1. The number of carboxylic acids is 1. The molecule has 1 aliphatic heterocycles. The zero-order valence-corrected chi connectivity index (χ0v) is 11.1. The van der Waals surface area contributed by atoms with Crippen LogP contribution < -0.4 is 0 Å². The Kier molecular flexibility index (Phi) is 3.71. The Morgan fingerprint density at radius 2 is 1.83 bits per heavy atom. The van der Waals surface area contributed by atoms with Gasteiger partial charge in [-0.2, -0.15) is 0 Å². The summed E-state index contributed by atoms with van der Waals surface area (Å²) in [5.74, 6) is -0.0571. The van der Waals surface area contributed by atoms with Crippen molar-refractivity contribution in [3.8, 4) is 0 Å². The summed E-state index contributed by atoms with van der Waals surface area (Å²) in [4.78, 5) is 13.9. The van der Waals surface area contributed by atoms with Crippen LogP contribution in [0.1, 0.15) is 32.3 Å². The molecule has 0 spiro atoms. The Balaban J connectivity index is 2.30. The monoisotopic (exact) mass is 247 g/mol. The molecular weight excluding hydrogens is 226 g/mol. The molecule has 0 amide bonds. The first-order chi connectivity index (χ1) is 8.55. The number of benzene rings is 1. The molecule has 0 aliphatic carbocycles. The fourth-order valence-corrected chi connectivity index (χ4v) is 2.66. The molecule has 3 nitrogen and oxygen atoms in total. The van der Waals surface area contributed by atoms with E-state index in [0.717, 1.165) is 31.5 Å². The van der Waals surface area contributed by atoms with Crippen LogP contribution in [-0.2, 0) is 10.3 Å². The quantitative estimate of drug-likeness (QED) is 0.892. The second kappa shape index (κ2) is 5.11.